The van der Waals surface area contributed by atoms with Gasteiger partial charge >= 0.3 is 0 Å². The third-order valence-electron chi connectivity index (χ3n) is 4.32. The van der Waals surface area contributed by atoms with E-state index in [4.69, 9.17) is 5.26 Å². The molecule has 1 N–H and O–H groups in total. The Morgan fingerprint density at radius 1 is 1.40 bits per heavy atom. The number of nitriles is 1. The molecule has 0 amide bonds. The maximum absolute atomic E-state index is 12.7. The molecule has 2 fully saturated rings. The number of hydrogen-bond donors (Lipinski definition) is 1. The lowest BCUT2D eigenvalue weighted by Crippen LogP contribution is -2.39. The van der Waals surface area contributed by atoms with Crippen molar-refractivity contribution in [2.24, 2.45) is 5.92 Å². The molecule has 0 bridgehead atoms. The smallest absolute Gasteiger partial charge is 0.243 e. The maximum atomic E-state index is 12.7. The van der Waals surface area contributed by atoms with Gasteiger partial charge in [0.25, 0.3) is 0 Å². The van der Waals surface area contributed by atoms with E-state index in [9.17, 15) is 8.42 Å². The Hall–Kier alpha value is -1.42. The van der Waals surface area contributed by atoms with Crippen molar-refractivity contribution in [2.45, 2.75) is 24.3 Å². The van der Waals surface area contributed by atoms with Crippen LogP contribution in [0.3, 0.4) is 0 Å². The van der Waals surface area contributed by atoms with Crippen molar-refractivity contribution in [3.8, 4) is 6.07 Å². The van der Waals surface area contributed by atoms with E-state index >= 15 is 0 Å². The van der Waals surface area contributed by atoms with Gasteiger partial charge in [-0.1, -0.05) is 0 Å². The van der Waals surface area contributed by atoms with Gasteiger partial charge in [-0.25, -0.2) is 8.42 Å². The van der Waals surface area contributed by atoms with Crippen LogP contribution < -0.4 is 5.32 Å². The molecule has 1 aromatic rings. The highest BCUT2D eigenvalue weighted by atomic mass is 32.2. The van der Waals surface area contributed by atoms with Crippen LogP contribution in [0.4, 0.5) is 0 Å². The van der Waals surface area contributed by atoms with E-state index in [0.717, 1.165) is 19.5 Å². The Bertz CT molecular complexity index is 678. The van der Waals surface area contributed by atoms with E-state index < -0.39 is 10.0 Å². The van der Waals surface area contributed by atoms with Gasteiger partial charge in [0.2, 0.25) is 10.0 Å². The van der Waals surface area contributed by atoms with Crippen molar-refractivity contribution in [3.05, 3.63) is 29.3 Å². The van der Waals surface area contributed by atoms with Crippen LogP contribution in [0.5, 0.6) is 0 Å². The summed E-state index contributed by atoms with van der Waals surface area (Å²) in [6.07, 6.45) is 0.923. The van der Waals surface area contributed by atoms with Gasteiger partial charge in [0.05, 0.1) is 16.5 Å². The number of rotatable bonds is 2. The van der Waals surface area contributed by atoms with Crippen LogP contribution in [0.2, 0.25) is 0 Å². The molecule has 2 heterocycles. The highest BCUT2D eigenvalue weighted by Crippen LogP contribution is 2.32. The molecule has 0 spiro atoms. The topological polar surface area (TPSA) is 73.2 Å². The van der Waals surface area contributed by atoms with Crippen LogP contribution >= 0.6 is 0 Å². The molecule has 3 rings (SSSR count). The number of aryl methyl sites for hydroxylation is 1. The average molecular weight is 291 g/mol. The van der Waals surface area contributed by atoms with Gasteiger partial charge in [-0.15, -0.1) is 0 Å². The minimum atomic E-state index is -3.46. The van der Waals surface area contributed by atoms with E-state index in [1.54, 1.807) is 23.4 Å². The van der Waals surface area contributed by atoms with E-state index in [2.05, 4.69) is 11.4 Å². The second-order valence-electron chi connectivity index (χ2n) is 5.48. The van der Waals surface area contributed by atoms with Crippen molar-refractivity contribution in [2.75, 3.05) is 19.6 Å². The summed E-state index contributed by atoms with van der Waals surface area (Å²) in [6, 6.07) is 6.87. The summed E-state index contributed by atoms with van der Waals surface area (Å²) in [5.74, 6) is 0.434. The highest BCUT2D eigenvalue weighted by molar-refractivity contribution is 7.89. The lowest BCUT2D eigenvalue weighted by Gasteiger charge is -2.23. The largest absolute Gasteiger partial charge is 0.315 e. The first kappa shape index (κ1) is 13.6. The zero-order chi connectivity index (χ0) is 14.3. The third-order valence-corrected chi connectivity index (χ3v) is 6.24. The van der Waals surface area contributed by atoms with Crippen LogP contribution in [-0.4, -0.2) is 38.4 Å². The van der Waals surface area contributed by atoms with Gasteiger partial charge < -0.3 is 5.32 Å². The van der Waals surface area contributed by atoms with Gasteiger partial charge in [0.15, 0.2) is 0 Å². The van der Waals surface area contributed by atoms with E-state index in [-0.39, 0.29) is 6.04 Å². The summed E-state index contributed by atoms with van der Waals surface area (Å²) < 4.78 is 27.1. The highest BCUT2D eigenvalue weighted by Gasteiger charge is 2.43. The molecule has 0 aliphatic carbocycles. The van der Waals surface area contributed by atoms with Crippen LogP contribution in [0.1, 0.15) is 17.5 Å². The number of sulfonamides is 1. The van der Waals surface area contributed by atoms with Gasteiger partial charge in [-0.3, -0.25) is 0 Å². The molecule has 0 radical (unpaired) electrons. The third kappa shape index (κ3) is 2.03. The summed E-state index contributed by atoms with van der Waals surface area (Å²) in [6.45, 7) is 4.00. The molecule has 6 heteroatoms. The fourth-order valence-electron chi connectivity index (χ4n) is 3.17. The standard InChI is InChI=1S/C14H17N3O2S/c1-10-6-13(3-2-11(10)7-15)20(18,19)17-5-4-12-8-16-9-14(12)17/h2-3,6,12,14,16H,4-5,8-9H2,1H3/t12-,14+/m0/s1. The first-order valence-corrected chi connectivity index (χ1v) is 8.21. The number of nitrogens with one attached hydrogen (secondary N) is 1. The summed E-state index contributed by atoms with van der Waals surface area (Å²) >= 11 is 0. The minimum Gasteiger partial charge on any atom is -0.315 e. The quantitative estimate of drug-likeness (QED) is 0.876. The molecular formula is C14H17N3O2S. The Kier molecular flexibility index (Phi) is 3.28. The molecule has 20 heavy (non-hydrogen) atoms. The van der Waals surface area contributed by atoms with Crippen molar-refractivity contribution in [1.29, 1.82) is 5.26 Å². The summed E-state index contributed by atoms with van der Waals surface area (Å²) in [7, 11) is -3.46. The number of nitrogens with zero attached hydrogens (tertiary/aromatic N) is 2. The molecule has 2 atom stereocenters. The zero-order valence-electron chi connectivity index (χ0n) is 11.3. The van der Waals surface area contributed by atoms with Crippen molar-refractivity contribution in [1.82, 2.24) is 9.62 Å². The second kappa shape index (κ2) is 4.85. The van der Waals surface area contributed by atoms with E-state index in [0.29, 0.717) is 28.5 Å². The summed E-state index contributed by atoms with van der Waals surface area (Å²) in [5, 5.41) is 12.2. The van der Waals surface area contributed by atoms with Gasteiger partial charge in [0.1, 0.15) is 0 Å². The Morgan fingerprint density at radius 3 is 2.90 bits per heavy atom. The Labute approximate surface area is 119 Å². The van der Waals surface area contributed by atoms with Crippen LogP contribution in [0, 0.1) is 24.2 Å². The Morgan fingerprint density at radius 2 is 2.20 bits per heavy atom. The van der Waals surface area contributed by atoms with E-state index in [1.807, 2.05) is 0 Å². The number of benzene rings is 1. The fourth-order valence-corrected chi connectivity index (χ4v) is 4.95. The van der Waals surface area contributed by atoms with Gasteiger partial charge in [-0.05, 0) is 49.6 Å². The average Bonchev–Trinajstić information content (AvgIpc) is 3.00. The van der Waals surface area contributed by atoms with Crippen molar-refractivity contribution in [3.63, 3.8) is 0 Å². The lowest BCUT2D eigenvalue weighted by molar-refractivity contribution is 0.383. The second-order valence-corrected chi connectivity index (χ2v) is 7.37. The molecule has 0 aromatic heterocycles. The molecule has 2 saturated heterocycles. The molecule has 0 unspecified atom stereocenters. The molecule has 5 nitrogen and oxygen atoms in total. The van der Waals surface area contributed by atoms with E-state index in [1.165, 1.54) is 6.07 Å². The SMILES string of the molecule is Cc1cc(S(=O)(=O)N2CC[C@H]3CNC[C@H]32)ccc1C#N. The number of fused-ring (bicyclic) bond motifs is 1. The summed E-state index contributed by atoms with van der Waals surface area (Å²) in [5.41, 5.74) is 1.22. The monoisotopic (exact) mass is 291 g/mol. The van der Waals surface area contributed by atoms with Crippen LogP contribution in [0.15, 0.2) is 23.1 Å². The fraction of sp³-hybridized carbons (Fsp3) is 0.500. The summed E-state index contributed by atoms with van der Waals surface area (Å²) in [4.78, 5) is 0.293. The molecule has 1 aromatic carbocycles. The predicted molar refractivity (Wildman–Crippen MR) is 74.6 cm³/mol. The van der Waals surface area contributed by atoms with Crippen LogP contribution in [-0.2, 0) is 10.0 Å². The van der Waals surface area contributed by atoms with Crippen molar-refractivity contribution < 1.29 is 8.42 Å². The molecular weight excluding hydrogens is 274 g/mol. The number of hydrogen-bond acceptors (Lipinski definition) is 4. The molecule has 106 valence electrons. The zero-order valence-corrected chi connectivity index (χ0v) is 12.2. The van der Waals surface area contributed by atoms with Crippen molar-refractivity contribution >= 4 is 10.0 Å². The molecule has 2 aliphatic heterocycles. The maximum Gasteiger partial charge on any atom is 0.243 e. The van der Waals surface area contributed by atoms with Gasteiger partial charge in [0, 0.05) is 19.1 Å². The molecule has 0 saturated carbocycles. The first-order chi connectivity index (χ1) is 9.54. The van der Waals surface area contributed by atoms with Crippen LogP contribution in [0.25, 0.3) is 0 Å². The van der Waals surface area contributed by atoms with Gasteiger partial charge in [-0.2, -0.15) is 9.57 Å². The normalized spacial score (nSPS) is 26.4. The predicted octanol–water partition coefficient (Wildman–Crippen LogP) is 0.849. The Balaban J connectivity index is 1.96. The lowest BCUT2D eigenvalue weighted by atomic mass is 10.1. The first-order valence-electron chi connectivity index (χ1n) is 6.77. The molecule has 2 aliphatic rings. The minimum absolute atomic E-state index is 0.0796.